The first-order valence-corrected chi connectivity index (χ1v) is 5.71. The van der Waals surface area contributed by atoms with E-state index in [9.17, 15) is 4.79 Å². The number of fused-ring (bicyclic) bond motifs is 2. The topological polar surface area (TPSA) is 38.3 Å². The SMILES string of the molecule is O=C1Nc2cc(Br)ccc2[C@]12CCOC2. The minimum absolute atomic E-state index is 0.0769. The van der Waals surface area contributed by atoms with Crippen molar-refractivity contribution in [3.05, 3.63) is 28.2 Å². The van der Waals surface area contributed by atoms with E-state index < -0.39 is 5.41 Å². The lowest BCUT2D eigenvalue weighted by Gasteiger charge is -2.18. The lowest BCUT2D eigenvalue weighted by atomic mass is 9.81. The lowest BCUT2D eigenvalue weighted by Crippen LogP contribution is -2.34. The number of carbonyl (C=O) groups excluding carboxylic acids is 1. The molecule has 0 bridgehead atoms. The van der Waals surface area contributed by atoms with Gasteiger partial charge in [0.2, 0.25) is 5.91 Å². The predicted molar refractivity (Wildman–Crippen MR) is 59.9 cm³/mol. The minimum Gasteiger partial charge on any atom is -0.380 e. The Hall–Kier alpha value is -0.870. The molecule has 1 aromatic carbocycles. The van der Waals surface area contributed by atoms with E-state index in [2.05, 4.69) is 21.2 Å². The molecule has 1 fully saturated rings. The van der Waals surface area contributed by atoms with Crippen LogP contribution in [0.3, 0.4) is 0 Å². The average molecular weight is 268 g/mol. The predicted octanol–water partition coefficient (Wildman–Crippen LogP) is 2.06. The number of rotatable bonds is 0. The van der Waals surface area contributed by atoms with Crippen molar-refractivity contribution in [1.29, 1.82) is 0 Å². The van der Waals surface area contributed by atoms with Gasteiger partial charge in [-0.25, -0.2) is 0 Å². The van der Waals surface area contributed by atoms with Gasteiger partial charge in [-0.05, 0) is 24.1 Å². The molecule has 0 radical (unpaired) electrons. The fourth-order valence-corrected chi connectivity index (χ4v) is 2.72. The maximum Gasteiger partial charge on any atom is 0.237 e. The van der Waals surface area contributed by atoms with Gasteiger partial charge >= 0.3 is 0 Å². The number of anilines is 1. The Kier molecular flexibility index (Phi) is 1.91. The van der Waals surface area contributed by atoms with Crippen LogP contribution >= 0.6 is 15.9 Å². The standard InChI is InChI=1S/C11H10BrNO2/c12-7-1-2-8-9(5-7)13-10(14)11(8)3-4-15-6-11/h1-2,5H,3-4,6H2,(H,13,14)/t11-/m1/s1. The highest BCUT2D eigenvalue weighted by Crippen LogP contribution is 2.44. The van der Waals surface area contributed by atoms with Crippen LogP contribution in [0, 0.1) is 0 Å². The van der Waals surface area contributed by atoms with Crippen molar-refractivity contribution in [3.8, 4) is 0 Å². The second-order valence-corrected chi connectivity index (χ2v) is 4.94. The van der Waals surface area contributed by atoms with E-state index in [1.807, 2.05) is 18.2 Å². The molecule has 3 rings (SSSR count). The van der Waals surface area contributed by atoms with Crippen LogP contribution in [-0.2, 0) is 14.9 Å². The van der Waals surface area contributed by atoms with Crippen molar-refractivity contribution in [2.24, 2.45) is 0 Å². The third-order valence-electron chi connectivity index (χ3n) is 3.20. The summed E-state index contributed by atoms with van der Waals surface area (Å²) in [5.41, 5.74) is 1.57. The van der Waals surface area contributed by atoms with Gasteiger partial charge in [0.15, 0.2) is 0 Å². The molecule has 1 spiro atoms. The largest absolute Gasteiger partial charge is 0.380 e. The summed E-state index contributed by atoms with van der Waals surface area (Å²) in [6.45, 7) is 1.18. The molecule has 1 aromatic rings. The zero-order chi connectivity index (χ0) is 10.5. The molecule has 78 valence electrons. The van der Waals surface area contributed by atoms with Crippen LogP contribution in [0.2, 0.25) is 0 Å². The van der Waals surface area contributed by atoms with Crippen LogP contribution in [0.25, 0.3) is 0 Å². The molecule has 3 nitrogen and oxygen atoms in total. The van der Waals surface area contributed by atoms with Gasteiger partial charge in [0.1, 0.15) is 5.41 Å². The first-order chi connectivity index (χ1) is 7.22. The van der Waals surface area contributed by atoms with E-state index in [0.29, 0.717) is 13.2 Å². The van der Waals surface area contributed by atoms with Crippen LogP contribution in [0.5, 0.6) is 0 Å². The third-order valence-corrected chi connectivity index (χ3v) is 3.69. The molecular weight excluding hydrogens is 258 g/mol. The Morgan fingerprint density at radius 3 is 3.07 bits per heavy atom. The number of amides is 1. The van der Waals surface area contributed by atoms with Crippen molar-refractivity contribution in [2.45, 2.75) is 11.8 Å². The Morgan fingerprint density at radius 2 is 2.33 bits per heavy atom. The Balaban J connectivity index is 2.17. The van der Waals surface area contributed by atoms with Crippen molar-refractivity contribution in [1.82, 2.24) is 0 Å². The summed E-state index contributed by atoms with van der Waals surface area (Å²) in [5.74, 6) is 0.0769. The van der Waals surface area contributed by atoms with E-state index in [0.717, 1.165) is 22.1 Å². The van der Waals surface area contributed by atoms with E-state index in [1.165, 1.54) is 0 Å². The third kappa shape index (κ3) is 1.18. The van der Waals surface area contributed by atoms with Gasteiger partial charge in [0.25, 0.3) is 0 Å². The summed E-state index contributed by atoms with van der Waals surface area (Å²) in [5, 5.41) is 2.92. The number of hydrogen-bond donors (Lipinski definition) is 1. The van der Waals surface area contributed by atoms with E-state index >= 15 is 0 Å². The van der Waals surface area contributed by atoms with Gasteiger partial charge in [0.05, 0.1) is 6.61 Å². The van der Waals surface area contributed by atoms with Crippen molar-refractivity contribution < 1.29 is 9.53 Å². The number of carbonyl (C=O) groups is 1. The molecular formula is C11H10BrNO2. The van der Waals surface area contributed by atoms with Crippen LogP contribution < -0.4 is 5.32 Å². The highest BCUT2D eigenvalue weighted by atomic mass is 79.9. The molecule has 0 unspecified atom stereocenters. The number of hydrogen-bond acceptors (Lipinski definition) is 2. The molecule has 1 atom stereocenters. The lowest BCUT2D eigenvalue weighted by molar-refractivity contribution is -0.120. The molecule has 2 heterocycles. The van der Waals surface area contributed by atoms with Crippen molar-refractivity contribution in [3.63, 3.8) is 0 Å². The quantitative estimate of drug-likeness (QED) is 0.782. The summed E-state index contributed by atoms with van der Waals surface area (Å²) in [6, 6.07) is 5.92. The molecule has 1 amide bonds. The van der Waals surface area contributed by atoms with Gasteiger partial charge in [-0.15, -0.1) is 0 Å². The van der Waals surface area contributed by atoms with Gasteiger partial charge < -0.3 is 10.1 Å². The molecule has 0 aliphatic carbocycles. The van der Waals surface area contributed by atoms with Crippen molar-refractivity contribution >= 4 is 27.5 Å². The first-order valence-electron chi connectivity index (χ1n) is 4.92. The zero-order valence-electron chi connectivity index (χ0n) is 8.05. The van der Waals surface area contributed by atoms with E-state index in [-0.39, 0.29) is 5.91 Å². The fraction of sp³-hybridized carbons (Fsp3) is 0.364. The second kappa shape index (κ2) is 3.06. The number of nitrogens with one attached hydrogen (secondary N) is 1. The average Bonchev–Trinajstić information content (AvgIpc) is 2.76. The van der Waals surface area contributed by atoms with Gasteiger partial charge in [0, 0.05) is 16.8 Å². The van der Waals surface area contributed by atoms with Crippen LogP contribution in [0.15, 0.2) is 22.7 Å². The Morgan fingerprint density at radius 1 is 1.47 bits per heavy atom. The molecule has 0 saturated carbocycles. The van der Waals surface area contributed by atoms with E-state index in [1.54, 1.807) is 0 Å². The summed E-state index contributed by atoms with van der Waals surface area (Å²) in [6.07, 6.45) is 0.785. The van der Waals surface area contributed by atoms with Crippen LogP contribution in [0.4, 0.5) is 5.69 Å². The Bertz CT molecular complexity index is 438. The minimum atomic E-state index is -0.421. The molecule has 1 saturated heterocycles. The fourth-order valence-electron chi connectivity index (χ4n) is 2.36. The number of halogens is 1. The molecule has 1 N–H and O–H groups in total. The van der Waals surface area contributed by atoms with Crippen LogP contribution in [-0.4, -0.2) is 19.1 Å². The monoisotopic (exact) mass is 267 g/mol. The summed E-state index contributed by atoms with van der Waals surface area (Å²) in [7, 11) is 0. The number of benzene rings is 1. The Labute approximate surface area is 95.9 Å². The zero-order valence-corrected chi connectivity index (χ0v) is 9.63. The highest BCUT2D eigenvalue weighted by molar-refractivity contribution is 9.10. The van der Waals surface area contributed by atoms with Crippen molar-refractivity contribution in [2.75, 3.05) is 18.5 Å². The summed E-state index contributed by atoms with van der Waals surface area (Å²) < 4.78 is 6.35. The van der Waals surface area contributed by atoms with Gasteiger partial charge in [-0.2, -0.15) is 0 Å². The molecule has 2 aliphatic rings. The van der Waals surface area contributed by atoms with Gasteiger partial charge in [-0.3, -0.25) is 4.79 Å². The maximum absolute atomic E-state index is 12.0. The molecule has 15 heavy (non-hydrogen) atoms. The normalized spacial score (nSPS) is 28.2. The summed E-state index contributed by atoms with van der Waals surface area (Å²) in [4.78, 5) is 12.0. The highest BCUT2D eigenvalue weighted by Gasteiger charge is 2.49. The second-order valence-electron chi connectivity index (χ2n) is 4.03. The summed E-state index contributed by atoms with van der Waals surface area (Å²) >= 11 is 3.40. The van der Waals surface area contributed by atoms with Gasteiger partial charge in [-0.1, -0.05) is 22.0 Å². The smallest absolute Gasteiger partial charge is 0.237 e. The molecule has 0 aromatic heterocycles. The van der Waals surface area contributed by atoms with E-state index in [4.69, 9.17) is 4.74 Å². The molecule has 4 heteroatoms. The number of ether oxygens (including phenoxy) is 1. The molecule has 2 aliphatic heterocycles. The maximum atomic E-state index is 12.0. The first kappa shape index (κ1) is 9.36. The van der Waals surface area contributed by atoms with Crippen LogP contribution in [0.1, 0.15) is 12.0 Å².